The fraction of sp³-hybridized carbons (Fsp3) is 0.346. The number of hydrogen-bond acceptors (Lipinski definition) is 6. The molecule has 4 rings (SSSR count). The lowest BCUT2D eigenvalue weighted by atomic mass is 9.95. The van der Waals surface area contributed by atoms with Crippen LogP contribution < -0.4 is 20.4 Å². The van der Waals surface area contributed by atoms with Gasteiger partial charge in [0.1, 0.15) is 11.9 Å². The second-order valence-corrected chi connectivity index (χ2v) is 9.51. The first-order valence-electron chi connectivity index (χ1n) is 11.6. The number of piperidine rings is 1. The van der Waals surface area contributed by atoms with Gasteiger partial charge in [0.15, 0.2) is 5.69 Å². The molecule has 2 aromatic rings. The van der Waals surface area contributed by atoms with E-state index in [1.165, 1.54) is 17.0 Å². The lowest BCUT2D eigenvalue weighted by molar-refractivity contribution is 0.143. The zero-order valence-electron chi connectivity index (χ0n) is 20.1. The van der Waals surface area contributed by atoms with Crippen LogP contribution in [0.1, 0.15) is 25.3 Å². The first-order valence-corrected chi connectivity index (χ1v) is 12.0. The third kappa shape index (κ3) is 5.55. The van der Waals surface area contributed by atoms with Gasteiger partial charge in [-0.2, -0.15) is 5.26 Å². The molecular formula is C26H24FN7O2S. The number of halogens is 1. The normalized spacial score (nSPS) is 18.2. The van der Waals surface area contributed by atoms with Crippen LogP contribution in [0.4, 0.5) is 31.9 Å². The van der Waals surface area contributed by atoms with Crippen molar-refractivity contribution in [2.24, 2.45) is 0 Å². The summed E-state index contributed by atoms with van der Waals surface area (Å²) < 4.78 is 20.5. The standard InChI is InChI=1S/C26H24FN7O2S/c1-17(37)31-15-21-16-34(25(35)36-21)20-5-7-24(22(27)13-20)33-10-8-26(30-3,9-11-33)32-23-6-4-19(29-2)12-18(23)14-28/h4-7,12-13,21,32H,8-11,15-16H2,1H3,(H,31,37)/t21-/m0/s1. The second-order valence-electron chi connectivity index (χ2n) is 8.90. The van der Waals surface area contributed by atoms with E-state index in [0.717, 1.165) is 0 Å². The minimum atomic E-state index is -0.943. The van der Waals surface area contributed by atoms with Gasteiger partial charge in [-0.3, -0.25) is 9.74 Å². The maximum Gasteiger partial charge on any atom is 0.414 e. The Bertz CT molecular complexity index is 1350. The molecule has 2 aliphatic heterocycles. The molecule has 0 aromatic heterocycles. The van der Waals surface area contributed by atoms with Crippen molar-refractivity contribution in [2.75, 3.05) is 41.3 Å². The van der Waals surface area contributed by atoms with Gasteiger partial charge in [-0.15, -0.1) is 0 Å². The third-order valence-corrected chi connectivity index (χ3v) is 6.61. The summed E-state index contributed by atoms with van der Waals surface area (Å²) in [5, 5.41) is 15.6. The van der Waals surface area contributed by atoms with Crippen molar-refractivity contribution >= 4 is 46.0 Å². The average molecular weight is 518 g/mol. The molecule has 0 spiro atoms. The molecule has 0 aliphatic carbocycles. The molecule has 2 fully saturated rings. The highest BCUT2D eigenvalue weighted by atomic mass is 32.1. The number of hydrogen-bond donors (Lipinski definition) is 2. The van der Waals surface area contributed by atoms with Crippen LogP contribution in [0.2, 0.25) is 0 Å². The number of nitrogens with zero attached hydrogens (tertiary/aromatic N) is 5. The number of rotatable bonds is 6. The predicted octanol–water partition coefficient (Wildman–Crippen LogP) is 4.84. The van der Waals surface area contributed by atoms with E-state index in [4.69, 9.17) is 30.1 Å². The number of carbonyl (C=O) groups excluding carboxylic acids is 1. The minimum Gasteiger partial charge on any atom is -0.442 e. The van der Waals surface area contributed by atoms with Gasteiger partial charge in [-0.1, -0.05) is 18.3 Å². The fourth-order valence-electron chi connectivity index (χ4n) is 4.45. The molecule has 1 atom stereocenters. The van der Waals surface area contributed by atoms with E-state index in [0.29, 0.717) is 65.8 Å². The monoisotopic (exact) mass is 517 g/mol. The average Bonchev–Trinajstić information content (AvgIpc) is 3.28. The van der Waals surface area contributed by atoms with Crippen LogP contribution in [0.15, 0.2) is 36.4 Å². The van der Waals surface area contributed by atoms with Gasteiger partial charge in [0.05, 0.1) is 66.2 Å². The number of cyclic esters (lactones) is 1. The summed E-state index contributed by atoms with van der Waals surface area (Å²) in [6, 6.07) is 11.5. The summed E-state index contributed by atoms with van der Waals surface area (Å²) in [5.74, 6) is -0.466. The Labute approximate surface area is 220 Å². The van der Waals surface area contributed by atoms with Crippen molar-refractivity contribution in [3.8, 4) is 6.07 Å². The fourth-order valence-corrected chi connectivity index (χ4v) is 4.54. The molecule has 2 N–H and O–H groups in total. The molecule has 2 saturated heterocycles. The van der Waals surface area contributed by atoms with Crippen LogP contribution in [0.3, 0.4) is 0 Å². The van der Waals surface area contributed by atoms with Crippen molar-refractivity contribution in [2.45, 2.75) is 31.5 Å². The highest BCUT2D eigenvalue weighted by Crippen LogP contribution is 2.35. The predicted molar refractivity (Wildman–Crippen MR) is 142 cm³/mol. The van der Waals surface area contributed by atoms with E-state index < -0.39 is 17.6 Å². The summed E-state index contributed by atoms with van der Waals surface area (Å²) in [6.07, 6.45) is -0.115. The number of amides is 1. The van der Waals surface area contributed by atoms with Gasteiger partial charge in [-0.05, 0) is 37.3 Å². The molecule has 11 heteroatoms. The Hall–Kier alpha value is -4.40. The molecule has 188 valence electrons. The highest BCUT2D eigenvalue weighted by Gasteiger charge is 2.41. The first kappa shape index (κ1) is 25.7. The van der Waals surface area contributed by atoms with Gasteiger partial charge in [0.2, 0.25) is 0 Å². The molecule has 0 bridgehead atoms. The van der Waals surface area contributed by atoms with Crippen LogP contribution in [0.25, 0.3) is 9.69 Å². The second kappa shape index (κ2) is 10.7. The maximum absolute atomic E-state index is 15.2. The molecule has 37 heavy (non-hydrogen) atoms. The summed E-state index contributed by atoms with van der Waals surface area (Å²) in [6.45, 7) is 18.2. The van der Waals surface area contributed by atoms with E-state index in [-0.39, 0.29) is 12.6 Å². The maximum atomic E-state index is 15.2. The van der Waals surface area contributed by atoms with Gasteiger partial charge >= 0.3 is 11.8 Å². The molecule has 9 nitrogen and oxygen atoms in total. The van der Waals surface area contributed by atoms with Crippen LogP contribution in [0, 0.1) is 30.3 Å². The number of thiocarbonyl (C=S) groups is 1. The molecule has 2 aliphatic rings. The molecular weight excluding hydrogens is 493 g/mol. The first-order chi connectivity index (χ1) is 17.8. The molecule has 0 unspecified atom stereocenters. The Balaban J connectivity index is 1.43. The molecule has 0 saturated carbocycles. The SMILES string of the molecule is [C-]#[N+]c1ccc(NC2([N+]#[C-])CCN(c3ccc(N4C[C@H](CNC(C)=S)OC4=O)cc3F)CC2)c(C#N)c1. The Kier molecular flexibility index (Phi) is 7.42. The van der Waals surface area contributed by atoms with Gasteiger partial charge in [0, 0.05) is 13.1 Å². The molecule has 2 aromatic carbocycles. The van der Waals surface area contributed by atoms with Crippen molar-refractivity contribution in [1.82, 2.24) is 5.32 Å². The number of nitriles is 1. The number of anilines is 3. The van der Waals surface area contributed by atoms with Gasteiger partial charge < -0.3 is 20.3 Å². The summed E-state index contributed by atoms with van der Waals surface area (Å²) in [5.41, 5.74) is 1.02. The zero-order valence-corrected chi connectivity index (χ0v) is 20.9. The lowest BCUT2D eigenvalue weighted by Gasteiger charge is -2.36. The number of nitrogens with one attached hydrogen (secondary N) is 2. The summed E-state index contributed by atoms with van der Waals surface area (Å²) >= 11 is 4.99. The van der Waals surface area contributed by atoms with Crippen LogP contribution in [-0.2, 0) is 4.74 Å². The number of ether oxygens (including phenoxy) is 1. The van der Waals surface area contributed by atoms with Crippen LogP contribution in [-0.4, -0.2) is 49.0 Å². The van der Waals surface area contributed by atoms with Crippen molar-refractivity contribution in [3.05, 3.63) is 70.6 Å². The quantitative estimate of drug-likeness (QED) is 0.419. The van der Waals surface area contributed by atoms with Crippen molar-refractivity contribution in [3.63, 3.8) is 0 Å². The summed E-state index contributed by atoms with van der Waals surface area (Å²) in [7, 11) is 0. The molecule has 0 radical (unpaired) electrons. The van der Waals surface area contributed by atoms with Crippen LogP contribution in [0.5, 0.6) is 0 Å². The van der Waals surface area contributed by atoms with E-state index in [9.17, 15) is 10.1 Å². The van der Waals surface area contributed by atoms with E-state index >= 15 is 4.39 Å². The number of carbonyl (C=O) groups is 1. The van der Waals surface area contributed by atoms with E-state index in [2.05, 4.69) is 26.4 Å². The van der Waals surface area contributed by atoms with Crippen molar-refractivity contribution < 1.29 is 13.9 Å². The number of benzene rings is 2. The summed E-state index contributed by atoms with van der Waals surface area (Å²) in [4.78, 5) is 23.3. The van der Waals surface area contributed by atoms with Crippen molar-refractivity contribution in [1.29, 1.82) is 5.26 Å². The Morgan fingerprint density at radius 3 is 2.68 bits per heavy atom. The van der Waals surface area contributed by atoms with Gasteiger partial charge in [-0.25, -0.2) is 20.6 Å². The van der Waals surface area contributed by atoms with Gasteiger partial charge in [0.25, 0.3) is 0 Å². The van der Waals surface area contributed by atoms with E-state index in [1.54, 1.807) is 31.2 Å². The zero-order chi connectivity index (χ0) is 26.6. The lowest BCUT2D eigenvalue weighted by Crippen LogP contribution is -2.47. The smallest absolute Gasteiger partial charge is 0.414 e. The van der Waals surface area contributed by atoms with Crippen LogP contribution >= 0.6 is 12.2 Å². The Morgan fingerprint density at radius 1 is 1.30 bits per heavy atom. The molecule has 1 amide bonds. The highest BCUT2D eigenvalue weighted by molar-refractivity contribution is 7.80. The third-order valence-electron chi connectivity index (χ3n) is 6.46. The minimum absolute atomic E-state index is 0.289. The topological polar surface area (TPSA) is 89.3 Å². The Morgan fingerprint density at radius 2 is 2.05 bits per heavy atom. The largest absolute Gasteiger partial charge is 0.442 e. The molecule has 2 heterocycles. The van der Waals surface area contributed by atoms with E-state index in [1.807, 2.05) is 4.90 Å².